The van der Waals surface area contributed by atoms with E-state index in [2.05, 4.69) is 10.6 Å². The largest absolute Gasteiger partial charge is 0.457 e. The summed E-state index contributed by atoms with van der Waals surface area (Å²) in [6, 6.07) is 16.4. The third-order valence-electron chi connectivity index (χ3n) is 3.07. The van der Waals surface area contributed by atoms with E-state index in [4.69, 9.17) is 9.47 Å². The molecule has 0 radical (unpaired) electrons. The minimum Gasteiger partial charge on any atom is -0.457 e. The number of benzene rings is 2. The highest BCUT2D eigenvalue weighted by molar-refractivity contribution is 6.03. The van der Waals surface area contributed by atoms with Crippen molar-refractivity contribution < 1.29 is 19.1 Å². The van der Waals surface area contributed by atoms with E-state index in [0.717, 1.165) is 5.75 Å². The summed E-state index contributed by atoms with van der Waals surface area (Å²) in [6.45, 7) is 0.796. The van der Waals surface area contributed by atoms with E-state index in [-0.39, 0.29) is 18.2 Å². The zero-order valence-corrected chi connectivity index (χ0v) is 13.5. The van der Waals surface area contributed by atoms with Gasteiger partial charge in [-0.2, -0.15) is 0 Å². The second kappa shape index (κ2) is 9.32. The van der Waals surface area contributed by atoms with E-state index in [9.17, 15) is 9.59 Å². The molecule has 0 saturated carbocycles. The minimum atomic E-state index is -0.373. The van der Waals surface area contributed by atoms with E-state index >= 15 is 0 Å². The molecule has 0 aliphatic heterocycles. The van der Waals surface area contributed by atoms with Crippen LogP contribution in [0.5, 0.6) is 11.5 Å². The van der Waals surface area contributed by atoms with Crippen molar-refractivity contribution in [3.05, 3.63) is 54.6 Å². The number of hydrogen-bond acceptors (Lipinski definition) is 4. The molecule has 0 aromatic heterocycles. The van der Waals surface area contributed by atoms with Gasteiger partial charge in [0.05, 0.1) is 6.61 Å². The molecule has 2 amide bonds. The maximum atomic E-state index is 11.8. The third kappa shape index (κ3) is 6.10. The van der Waals surface area contributed by atoms with Crippen LogP contribution in [-0.2, 0) is 14.3 Å². The highest BCUT2D eigenvalue weighted by Crippen LogP contribution is 2.22. The molecule has 0 bridgehead atoms. The quantitative estimate of drug-likeness (QED) is 0.577. The zero-order chi connectivity index (χ0) is 17.2. The van der Waals surface area contributed by atoms with Gasteiger partial charge in [0.15, 0.2) is 0 Å². The summed E-state index contributed by atoms with van der Waals surface area (Å²) in [5.41, 5.74) is 0.602. The van der Waals surface area contributed by atoms with E-state index in [0.29, 0.717) is 24.6 Å². The number of para-hydroxylation sites is 1. The molecule has 6 nitrogen and oxygen atoms in total. The molecule has 0 aliphatic rings. The highest BCUT2D eigenvalue weighted by atomic mass is 16.5. The number of carbonyl (C=O) groups excluding carboxylic acids is 2. The molecule has 0 heterocycles. The van der Waals surface area contributed by atoms with Crippen molar-refractivity contribution in [2.75, 3.05) is 25.6 Å². The summed E-state index contributed by atoms with van der Waals surface area (Å²) >= 11 is 0. The van der Waals surface area contributed by atoms with Gasteiger partial charge in [-0.25, -0.2) is 0 Å². The van der Waals surface area contributed by atoms with Gasteiger partial charge in [-0.05, 0) is 36.4 Å². The van der Waals surface area contributed by atoms with Crippen LogP contribution in [0.1, 0.15) is 6.42 Å². The third-order valence-corrected chi connectivity index (χ3v) is 3.07. The fourth-order valence-electron chi connectivity index (χ4n) is 1.94. The first-order valence-electron chi connectivity index (χ1n) is 7.56. The van der Waals surface area contributed by atoms with Gasteiger partial charge in [-0.3, -0.25) is 9.59 Å². The highest BCUT2D eigenvalue weighted by Gasteiger charge is 2.09. The minimum absolute atomic E-state index is 0.230. The Morgan fingerprint density at radius 1 is 0.917 bits per heavy atom. The van der Waals surface area contributed by atoms with E-state index in [1.54, 1.807) is 31.4 Å². The Bertz CT molecular complexity index is 656. The van der Waals surface area contributed by atoms with Gasteiger partial charge in [0, 0.05) is 19.3 Å². The van der Waals surface area contributed by atoms with Gasteiger partial charge in [0.2, 0.25) is 11.8 Å². The van der Waals surface area contributed by atoms with Gasteiger partial charge < -0.3 is 20.1 Å². The molecule has 2 aromatic rings. The second-order valence-electron chi connectivity index (χ2n) is 5.01. The number of rotatable bonds is 8. The normalized spacial score (nSPS) is 10.0. The predicted molar refractivity (Wildman–Crippen MR) is 91.1 cm³/mol. The van der Waals surface area contributed by atoms with Crippen molar-refractivity contribution in [1.29, 1.82) is 0 Å². The lowest BCUT2D eigenvalue weighted by Gasteiger charge is -2.08. The van der Waals surface area contributed by atoms with Crippen molar-refractivity contribution in [2.45, 2.75) is 6.42 Å². The van der Waals surface area contributed by atoms with Crippen LogP contribution in [0.2, 0.25) is 0 Å². The number of hydrogen-bond donors (Lipinski definition) is 2. The standard InChI is InChI=1S/C18H20N2O4/c1-23-12-11-19-17(21)13-18(22)20-14-7-9-16(10-8-14)24-15-5-3-2-4-6-15/h2-10H,11-13H2,1H3,(H,19,21)(H,20,22). The van der Waals surface area contributed by atoms with Gasteiger partial charge in [-0.15, -0.1) is 0 Å². The Morgan fingerprint density at radius 3 is 2.25 bits per heavy atom. The average molecular weight is 328 g/mol. The maximum absolute atomic E-state index is 11.8. The number of amides is 2. The molecule has 0 unspecified atom stereocenters. The van der Waals surface area contributed by atoms with Crippen LogP contribution < -0.4 is 15.4 Å². The summed E-state index contributed by atoms with van der Waals surface area (Å²) < 4.78 is 10.5. The SMILES string of the molecule is COCCNC(=O)CC(=O)Nc1ccc(Oc2ccccc2)cc1. The Kier molecular flexibility index (Phi) is 6.79. The van der Waals surface area contributed by atoms with Crippen LogP contribution in [0, 0.1) is 0 Å². The molecule has 24 heavy (non-hydrogen) atoms. The molecule has 2 aromatic carbocycles. The monoisotopic (exact) mass is 328 g/mol. The van der Waals surface area contributed by atoms with Crippen LogP contribution in [0.3, 0.4) is 0 Å². The van der Waals surface area contributed by atoms with Crippen molar-refractivity contribution in [3.63, 3.8) is 0 Å². The molecule has 0 atom stereocenters. The number of nitrogens with one attached hydrogen (secondary N) is 2. The summed E-state index contributed by atoms with van der Waals surface area (Å²) in [6.07, 6.45) is -0.230. The van der Waals surface area contributed by atoms with Gasteiger partial charge >= 0.3 is 0 Å². The zero-order valence-electron chi connectivity index (χ0n) is 13.5. The van der Waals surface area contributed by atoms with Crippen molar-refractivity contribution in [3.8, 4) is 11.5 Å². The average Bonchev–Trinajstić information content (AvgIpc) is 2.58. The van der Waals surface area contributed by atoms with Crippen molar-refractivity contribution in [2.24, 2.45) is 0 Å². The molecule has 0 spiro atoms. The molecular formula is C18H20N2O4. The van der Waals surface area contributed by atoms with E-state index < -0.39 is 0 Å². The smallest absolute Gasteiger partial charge is 0.233 e. The number of ether oxygens (including phenoxy) is 2. The second-order valence-corrected chi connectivity index (χ2v) is 5.01. The fourth-order valence-corrected chi connectivity index (χ4v) is 1.94. The summed E-state index contributed by atoms with van der Waals surface area (Å²) in [5, 5.41) is 5.26. The first kappa shape index (κ1) is 17.5. The van der Waals surface area contributed by atoms with Gasteiger partial charge in [0.1, 0.15) is 17.9 Å². The Balaban J connectivity index is 1.80. The number of methoxy groups -OCH3 is 1. The number of anilines is 1. The first-order valence-corrected chi connectivity index (χ1v) is 7.56. The van der Waals surface area contributed by atoms with Crippen LogP contribution >= 0.6 is 0 Å². The molecule has 2 N–H and O–H groups in total. The van der Waals surface area contributed by atoms with Crippen LogP contribution in [0.4, 0.5) is 5.69 Å². The lowest BCUT2D eigenvalue weighted by Crippen LogP contribution is -2.30. The van der Waals surface area contributed by atoms with Crippen molar-refractivity contribution >= 4 is 17.5 Å². The fraction of sp³-hybridized carbons (Fsp3) is 0.222. The molecule has 2 rings (SSSR count). The number of carbonyl (C=O) groups is 2. The first-order chi connectivity index (χ1) is 11.7. The van der Waals surface area contributed by atoms with Crippen LogP contribution in [0.15, 0.2) is 54.6 Å². The maximum Gasteiger partial charge on any atom is 0.233 e. The lowest BCUT2D eigenvalue weighted by atomic mass is 10.2. The summed E-state index contributed by atoms with van der Waals surface area (Å²) in [4.78, 5) is 23.3. The van der Waals surface area contributed by atoms with Crippen LogP contribution in [0.25, 0.3) is 0 Å². The van der Waals surface area contributed by atoms with Crippen LogP contribution in [-0.4, -0.2) is 32.1 Å². The van der Waals surface area contributed by atoms with Crippen molar-refractivity contribution in [1.82, 2.24) is 5.32 Å². The Hall–Kier alpha value is -2.86. The molecule has 126 valence electrons. The lowest BCUT2D eigenvalue weighted by molar-refractivity contribution is -0.126. The molecule has 0 aliphatic carbocycles. The molecular weight excluding hydrogens is 308 g/mol. The Morgan fingerprint density at radius 2 is 1.58 bits per heavy atom. The molecule has 0 saturated heterocycles. The van der Waals surface area contributed by atoms with Gasteiger partial charge in [-0.1, -0.05) is 18.2 Å². The summed E-state index contributed by atoms with van der Waals surface area (Å²) in [7, 11) is 1.55. The Labute approximate surface area is 140 Å². The topological polar surface area (TPSA) is 76.7 Å². The van der Waals surface area contributed by atoms with Gasteiger partial charge in [0.25, 0.3) is 0 Å². The van der Waals surface area contributed by atoms with E-state index in [1.807, 2.05) is 30.3 Å². The summed E-state index contributed by atoms with van der Waals surface area (Å²) in [5.74, 6) is 0.689. The predicted octanol–water partition coefficient (Wildman–Crippen LogP) is 2.57. The molecule has 6 heteroatoms. The van der Waals surface area contributed by atoms with E-state index in [1.165, 1.54) is 0 Å². The molecule has 0 fully saturated rings.